The maximum Gasteiger partial charge on any atom is 0.103 e. The number of unbranched alkanes of at least 4 members (excludes halogenated alkanes) is 2. The summed E-state index contributed by atoms with van der Waals surface area (Å²) in [5.41, 5.74) is 6.37. The maximum atomic E-state index is 2.56. The van der Waals surface area contributed by atoms with E-state index in [-0.39, 0.29) is 5.41 Å². The Morgan fingerprint density at radius 2 is 1.58 bits per heavy atom. The van der Waals surface area contributed by atoms with Crippen LogP contribution < -0.4 is 5.19 Å². The van der Waals surface area contributed by atoms with Gasteiger partial charge in [-0.3, -0.25) is 0 Å². The van der Waals surface area contributed by atoms with Gasteiger partial charge in [-0.25, -0.2) is 0 Å². The number of allylic oxidation sites excluding steroid dienone is 4. The number of rotatable bonds is 6. The highest BCUT2D eigenvalue weighted by atomic mass is 28.3. The topological polar surface area (TPSA) is 0 Å². The van der Waals surface area contributed by atoms with Gasteiger partial charge in [-0.1, -0.05) is 104 Å². The number of aryl methyl sites for hydroxylation is 3. The lowest BCUT2D eigenvalue weighted by atomic mass is 9.87. The second kappa shape index (κ2) is 7.87. The van der Waals surface area contributed by atoms with Crippen molar-refractivity contribution in [3.8, 4) is 0 Å². The van der Waals surface area contributed by atoms with Gasteiger partial charge in [-0.05, 0) is 38.2 Å². The Morgan fingerprint density at radius 3 is 2.12 bits per heavy atom. The van der Waals surface area contributed by atoms with E-state index in [0.29, 0.717) is 0 Å². The van der Waals surface area contributed by atoms with Crippen LogP contribution >= 0.6 is 0 Å². The summed E-state index contributed by atoms with van der Waals surface area (Å²) in [6.07, 6.45) is 10.3. The number of hydrogen-bond donors (Lipinski definition) is 0. The van der Waals surface area contributed by atoms with Crippen molar-refractivity contribution in [1.82, 2.24) is 0 Å². The van der Waals surface area contributed by atoms with E-state index in [2.05, 4.69) is 72.8 Å². The SMILES string of the molecule is CCCCC[SiH](C1=CCC=C1C(C)(C)C)c1c(C)cc(C)cc1C. The molecule has 0 bridgehead atoms. The van der Waals surface area contributed by atoms with Crippen LogP contribution in [0.25, 0.3) is 0 Å². The van der Waals surface area contributed by atoms with Crippen molar-refractivity contribution in [2.45, 2.75) is 80.2 Å². The summed E-state index contributed by atoms with van der Waals surface area (Å²) < 4.78 is 0. The minimum absolute atomic E-state index is 0.269. The van der Waals surface area contributed by atoms with Gasteiger partial charge in [0.05, 0.1) is 0 Å². The molecule has 0 nitrogen and oxygen atoms in total. The van der Waals surface area contributed by atoms with Gasteiger partial charge in [-0.15, -0.1) is 0 Å². The van der Waals surface area contributed by atoms with E-state index in [0.717, 1.165) is 6.42 Å². The summed E-state index contributed by atoms with van der Waals surface area (Å²) in [7, 11) is -1.14. The predicted molar refractivity (Wildman–Crippen MR) is 112 cm³/mol. The van der Waals surface area contributed by atoms with Gasteiger partial charge in [-0.2, -0.15) is 0 Å². The van der Waals surface area contributed by atoms with E-state index < -0.39 is 8.80 Å². The lowest BCUT2D eigenvalue weighted by molar-refractivity contribution is 0.515. The average Bonchev–Trinajstić information content (AvgIpc) is 2.94. The van der Waals surface area contributed by atoms with E-state index >= 15 is 0 Å². The highest BCUT2D eigenvalue weighted by Gasteiger charge is 2.31. The molecule has 1 aromatic rings. The molecule has 0 saturated carbocycles. The number of benzene rings is 1. The lowest BCUT2D eigenvalue weighted by Gasteiger charge is -2.30. The largest absolute Gasteiger partial charge is 0.103 e. The molecule has 0 radical (unpaired) electrons. The summed E-state index contributed by atoms with van der Waals surface area (Å²) in [4.78, 5) is 0. The molecule has 0 N–H and O–H groups in total. The third kappa shape index (κ3) is 4.30. The first-order valence-corrected chi connectivity index (χ1v) is 11.7. The normalized spacial score (nSPS) is 16.1. The second-order valence-electron chi connectivity index (χ2n) is 8.62. The zero-order valence-corrected chi connectivity index (χ0v) is 18.1. The van der Waals surface area contributed by atoms with Crippen molar-refractivity contribution >= 4 is 14.0 Å². The molecule has 0 spiro atoms. The Morgan fingerprint density at radius 1 is 0.958 bits per heavy atom. The van der Waals surface area contributed by atoms with Crippen LogP contribution in [0, 0.1) is 26.2 Å². The maximum absolute atomic E-state index is 2.56. The molecule has 24 heavy (non-hydrogen) atoms. The van der Waals surface area contributed by atoms with Gasteiger partial charge >= 0.3 is 0 Å². The first kappa shape index (κ1) is 19.2. The molecule has 1 atom stereocenters. The zero-order valence-electron chi connectivity index (χ0n) is 16.9. The van der Waals surface area contributed by atoms with Crippen LogP contribution in [0.5, 0.6) is 0 Å². The highest BCUT2D eigenvalue weighted by molar-refractivity contribution is 6.81. The van der Waals surface area contributed by atoms with E-state index in [1.165, 1.54) is 42.0 Å². The zero-order chi connectivity index (χ0) is 17.9. The van der Waals surface area contributed by atoms with Gasteiger partial charge in [0.15, 0.2) is 0 Å². The molecule has 1 aromatic carbocycles. The number of hydrogen-bond acceptors (Lipinski definition) is 0. The van der Waals surface area contributed by atoms with Crippen LogP contribution in [0.3, 0.4) is 0 Å². The third-order valence-electron chi connectivity index (χ3n) is 5.34. The molecule has 1 heteroatoms. The van der Waals surface area contributed by atoms with Crippen molar-refractivity contribution in [2.75, 3.05) is 0 Å². The fourth-order valence-corrected chi connectivity index (χ4v) is 8.62. The first-order valence-electron chi connectivity index (χ1n) is 9.74. The van der Waals surface area contributed by atoms with Gasteiger partial charge in [0, 0.05) is 0 Å². The fourth-order valence-electron chi connectivity index (χ4n) is 4.40. The van der Waals surface area contributed by atoms with Crippen LogP contribution in [-0.4, -0.2) is 8.80 Å². The molecule has 0 aromatic heterocycles. The first-order chi connectivity index (χ1) is 11.3. The van der Waals surface area contributed by atoms with Crippen LogP contribution in [0.4, 0.5) is 0 Å². The molecule has 1 aliphatic carbocycles. The van der Waals surface area contributed by atoms with Crippen LogP contribution in [0.15, 0.2) is 35.1 Å². The molecule has 1 unspecified atom stereocenters. The molecule has 0 aliphatic heterocycles. The fraction of sp³-hybridized carbons (Fsp3) is 0.565. The molecule has 1 aliphatic rings. The van der Waals surface area contributed by atoms with E-state index in [9.17, 15) is 0 Å². The summed E-state index contributed by atoms with van der Waals surface area (Å²) in [6.45, 7) is 16.4. The lowest BCUT2D eigenvalue weighted by Crippen LogP contribution is -2.38. The summed E-state index contributed by atoms with van der Waals surface area (Å²) >= 11 is 0. The monoisotopic (exact) mass is 340 g/mol. The molecule has 132 valence electrons. The Hall–Kier alpha value is -1.08. The minimum Gasteiger partial charge on any atom is -0.0811 e. The van der Waals surface area contributed by atoms with Crippen molar-refractivity contribution in [3.63, 3.8) is 0 Å². The molecular formula is C23H36Si. The Bertz CT molecular complexity index is 617. The summed E-state index contributed by atoms with van der Waals surface area (Å²) in [5.74, 6) is 0. The second-order valence-corrected chi connectivity index (χ2v) is 11.5. The molecule has 0 saturated heterocycles. The van der Waals surface area contributed by atoms with Gasteiger partial charge < -0.3 is 0 Å². The van der Waals surface area contributed by atoms with Gasteiger partial charge in [0.25, 0.3) is 0 Å². The standard InChI is InChI=1S/C23H36Si/c1-8-9-10-14-24(21-13-11-12-20(21)23(5,6)7)22-18(3)15-17(2)16-19(22)4/h12-13,15-16,24H,8-11,14H2,1-7H3. The van der Waals surface area contributed by atoms with Crippen LogP contribution in [0.2, 0.25) is 6.04 Å². The average molecular weight is 341 g/mol. The summed E-state index contributed by atoms with van der Waals surface area (Å²) in [5, 5.41) is 3.47. The molecule has 0 amide bonds. The van der Waals surface area contributed by atoms with Gasteiger partial charge in [0.2, 0.25) is 0 Å². The third-order valence-corrected chi connectivity index (χ3v) is 9.23. The quantitative estimate of drug-likeness (QED) is 0.435. The highest BCUT2D eigenvalue weighted by Crippen LogP contribution is 2.38. The molecule has 0 heterocycles. The van der Waals surface area contributed by atoms with E-state index in [4.69, 9.17) is 0 Å². The summed E-state index contributed by atoms with van der Waals surface area (Å²) in [6, 6.07) is 6.22. The van der Waals surface area contributed by atoms with Crippen LogP contribution in [-0.2, 0) is 0 Å². The Balaban J connectivity index is 2.45. The van der Waals surface area contributed by atoms with Crippen LogP contribution in [0.1, 0.15) is 70.1 Å². The van der Waals surface area contributed by atoms with Crippen molar-refractivity contribution < 1.29 is 0 Å². The Kier molecular flexibility index (Phi) is 6.31. The Labute approximate surface area is 151 Å². The molecule has 0 fully saturated rings. The van der Waals surface area contributed by atoms with E-state index in [1.807, 2.05) is 0 Å². The van der Waals surface area contributed by atoms with Gasteiger partial charge in [0.1, 0.15) is 8.80 Å². The van der Waals surface area contributed by atoms with Crippen molar-refractivity contribution in [1.29, 1.82) is 0 Å². The van der Waals surface area contributed by atoms with Crippen molar-refractivity contribution in [2.24, 2.45) is 5.41 Å². The molecule has 2 rings (SSSR count). The van der Waals surface area contributed by atoms with E-state index in [1.54, 1.807) is 16.0 Å². The predicted octanol–water partition coefficient (Wildman–Crippen LogP) is 6.08. The van der Waals surface area contributed by atoms with Crippen molar-refractivity contribution in [3.05, 3.63) is 51.7 Å². The smallest absolute Gasteiger partial charge is 0.0811 e. The molecular weight excluding hydrogens is 304 g/mol. The minimum atomic E-state index is -1.14.